The summed E-state index contributed by atoms with van der Waals surface area (Å²) in [7, 11) is 4.08. The summed E-state index contributed by atoms with van der Waals surface area (Å²) >= 11 is 1.39. The van der Waals surface area contributed by atoms with E-state index in [-0.39, 0.29) is 23.0 Å². The molecule has 8 heteroatoms. The van der Waals surface area contributed by atoms with Gasteiger partial charge >= 0.3 is 0 Å². The highest BCUT2D eigenvalue weighted by Crippen LogP contribution is 2.29. The third-order valence-electron chi connectivity index (χ3n) is 5.45. The van der Waals surface area contributed by atoms with E-state index in [0.29, 0.717) is 23.0 Å². The fraction of sp³-hybridized carbons (Fsp3) is 0.360. The van der Waals surface area contributed by atoms with E-state index in [1.54, 1.807) is 24.3 Å². The fourth-order valence-corrected chi connectivity index (χ4v) is 4.43. The maximum Gasteiger partial charge on any atom is 0.237 e. The summed E-state index contributed by atoms with van der Waals surface area (Å²) in [6.45, 7) is 6.14. The first kappa shape index (κ1) is 24.7. The summed E-state index contributed by atoms with van der Waals surface area (Å²) in [5.41, 5.74) is 2.42. The molecule has 1 aromatic heterocycles. The molecule has 7 nitrogen and oxygen atoms in total. The van der Waals surface area contributed by atoms with Gasteiger partial charge in [-0.15, -0.1) is 10.2 Å². The number of aromatic nitrogens is 3. The van der Waals surface area contributed by atoms with Crippen LogP contribution in [0.2, 0.25) is 0 Å². The topological polar surface area (TPSA) is 80.1 Å². The van der Waals surface area contributed by atoms with E-state index >= 15 is 0 Å². The van der Waals surface area contributed by atoms with Gasteiger partial charge in [0.1, 0.15) is 0 Å². The van der Waals surface area contributed by atoms with E-state index in [0.717, 1.165) is 17.8 Å². The minimum Gasteiger partial charge on any atom is -0.325 e. The van der Waals surface area contributed by atoms with Crippen molar-refractivity contribution in [1.82, 2.24) is 19.7 Å². The van der Waals surface area contributed by atoms with Gasteiger partial charge in [0, 0.05) is 11.3 Å². The average Bonchev–Trinajstić information content (AvgIpc) is 3.16. The molecule has 2 aromatic carbocycles. The van der Waals surface area contributed by atoms with Crippen molar-refractivity contribution in [2.45, 2.75) is 50.2 Å². The molecular weight excluding hydrogens is 434 g/mol. The molecule has 33 heavy (non-hydrogen) atoms. The maximum absolute atomic E-state index is 12.8. The molecule has 0 aliphatic heterocycles. The van der Waals surface area contributed by atoms with E-state index in [9.17, 15) is 9.59 Å². The lowest BCUT2D eigenvalue weighted by molar-refractivity contribution is -0.115. The lowest BCUT2D eigenvalue weighted by Crippen LogP contribution is -2.25. The molecule has 1 heterocycles. The van der Waals surface area contributed by atoms with Gasteiger partial charge in [0.15, 0.2) is 16.8 Å². The summed E-state index contributed by atoms with van der Waals surface area (Å²) < 4.78 is 2.11. The SMILES string of the molecule is CCC(c1nnc(SC(C)C(=O)Nc2ccc(C(C)=O)cc2)n1Cc1ccccc1)N(C)C. The molecule has 0 saturated carbocycles. The van der Waals surface area contributed by atoms with E-state index in [1.807, 2.05) is 39.2 Å². The quantitative estimate of drug-likeness (QED) is 0.346. The van der Waals surface area contributed by atoms with Crippen molar-refractivity contribution in [2.24, 2.45) is 0 Å². The first-order valence-corrected chi connectivity index (χ1v) is 11.9. The Kier molecular flexibility index (Phi) is 8.41. The fourth-order valence-electron chi connectivity index (χ4n) is 3.57. The lowest BCUT2D eigenvalue weighted by atomic mass is 10.1. The number of carbonyl (C=O) groups excluding carboxylic acids is 2. The van der Waals surface area contributed by atoms with E-state index in [2.05, 4.69) is 44.0 Å². The molecule has 0 aliphatic carbocycles. The first-order chi connectivity index (χ1) is 15.8. The second-order valence-corrected chi connectivity index (χ2v) is 9.49. The van der Waals surface area contributed by atoms with E-state index in [1.165, 1.54) is 18.7 Å². The van der Waals surface area contributed by atoms with Crippen LogP contribution in [0.4, 0.5) is 5.69 Å². The van der Waals surface area contributed by atoms with Crippen LogP contribution in [-0.4, -0.2) is 50.7 Å². The lowest BCUT2D eigenvalue weighted by Gasteiger charge is -2.23. The second kappa shape index (κ2) is 11.2. The Morgan fingerprint density at radius 3 is 2.30 bits per heavy atom. The van der Waals surface area contributed by atoms with E-state index < -0.39 is 0 Å². The van der Waals surface area contributed by atoms with Gasteiger partial charge < -0.3 is 9.88 Å². The van der Waals surface area contributed by atoms with Crippen LogP contribution in [0, 0.1) is 0 Å². The summed E-state index contributed by atoms with van der Waals surface area (Å²) in [6.07, 6.45) is 0.900. The predicted octanol–water partition coefficient (Wildman–Crippen LogP) is 4.66. The maximum atomic E-state index is 12.8. The molecule has 1 N–H and O–H groups in total. The Labute approximate surface area is 199 Å². The predicted molar refractivity (Wildman–Crippen MR) is 133 cm³/mol. The van der Waals surface area contributed by atoms with Crippen molar-refractivity contribution in [1.29, 1.82) is 0 Å². The minimum absolute atomic E-state index is 0.00605. The average molecular weight is 466 g/mol. The molecule has 0 spiro atoms. The number of nitrogens with one attached hydrogen (secondary N) is 1. The zero-order valence-electron chi connectivity index (χ0n) is 19.8. The van der Waals surface area contributed by atoms with Gasteiger partial charge in [-0.1, -0.05) is 49.0 Å². The molecule has 1 amide bonds. The zero-order valence-corrected chi connectivity index (χ0v) is 20.6. The first-order valence-electron chi connectivity index (χ1n) is 11.0. The monoisotopic (exact) mass is 465 g/mol. The molecule has 0 fully saturated rings. The third-order valence-corrected chi connectivity index (χ3v) is 6.53. The van der Waals surface area contributed by atoms with Crippen molar-refractivity contribution in [3.05, 3.63) is 71.5 Å². The highest BCUT2D eigenvalue weighted by atomic mass is 32.2. The number of thioether (sulfide) groups is 1. The summed E-state index contributed by atoms with van der Waals surface area (Å²) in [4.78, 5) is 26.4. The van der Waals surface area contributed by atoms with E-state index in [4.69, 9.17) is 0 Å². The Morgan fingerprint density at radius 1 is 1.06 bits per heavy atom. The van der Waals surface area contributed by atoms with Crippen LogP contribution in [0.3, 0.4) is 0 Å². The normalized spacial score (nSPS) is 13.0. The minimum atomic E-state index is -0.386. The highest BCUT2D eigenvalue weighted by molar-refractivity contribution is 8.00. The third kappa shape index (κ3) is 6.30. The molecule has 3 aromatic rings. The van der Waals surface area contributed by atoms with Gasteiger partial charge in [0.25, 0.3) is 0 Å². The smallest absolute Gasteiger partial charge is 0.237 e. The van der Waals surface area contributed by atoms with Crippen LogP contribution < -0.4 is 5.32 Å². The standard InChI is InChI=1S/C25H31N5O2S/c1-6-22(29(4)5)23-27-28-25(30(23)16-19-10-8-7-9-11-19)33-18(3)24(32)26-21-14-12-20(13-15-21)17(2)31/h7-15,18,22H,6,16H2,1-5H3,(H,26,32). The largest absolute Gasteiger partial charge is 0.325 e. The van der Waals surface area contributed by atoms with Gasteiger partial charge in [0.2, 0.25) is 5.91 Å². The number of hydrogen-bond acceptors (Lipinski definition) is 6. The molecule has 3 rings (SSSR count). The Morgan fingerprint density at radius 2 is 1.73 bits per heavy atom. The number of carbonyl (C=O) groups is 2. The summed E-state index contributed by atoms with van der Waals surface area (Å²) in [6, 6.07) is 17.2. The number of benzene rings is 2. The van der Waals surface area contributed by atoms with Crippen molar-refractivity contribution >= 4 is 29.1 Å². The number of ketones is 1. The molecule has 0 saturated heterocycles. The molecule has 2 unspecified atom stereocenters. The van der Waals surface area contributed by atoms with Crippen LogP contribution in [0.25, 0.3) is 0 Å². The van der Waals surface area contributed by atoms with Crippen molar-refractivity contribution in [3.8, 4) is 0 Å². The van der Waals surface area contributed by atoms with Gasteiger partial charge in [-0.25, -0.2) is 0 Å². The van der Waals surface area contributed by atoms with Gasteiger partial charge in [-0.2, -0.15) is 0 Å². The molecule has 174 valence electrons. The molecular formula is C25H31N5O2S. The van der Waals surface area contributed by atoms with Crippen LogP contribution in [0.5, 0.6) is 0 Å². The summed E-state index contributed by atoms with van der Waals surface area (Å²) in [5.74, 6) is 0.751. The van der Waals surface area contributed by atoms with Crippen molar-refractivity contribution < 1.29 is 9.59 Å². The Bertz CT molecular complexity index is 1080. The van der Waals surface area contributed by atoms with Crippen LogP contribution in [0.1, 0.15) is 55.0 Å². The zero-order chi connectivity index (χ0) is 24.0. The van der Waals surface area contributed by atoms with Crippen molar-refractivity contribution in [3.63, 3.8) is 0 Å². The number of rotatable bonds is 10. The number of amides is 1. The molecule has 2 atom stereocenters. The second-order valence-electron chi connectivity index (χ2n) is 8.18. The van der Waals surface area contributed by atoms with Crippen LogP contribution in [0.15, 0.2) is 59.8 Å². The van der Waals surface area contributed by atoms with Crippen molar-refractivity contribution in [2.75, 3.05) is 19.4 Å². The van der Waals surface area contributed by atoms with Crippen LogP contribution >= 0.6 is 11.8 Å². The Balaban J connectivity index is 1.80. The number of Topliss-reactive ketones (excluding diaryl/α,β-unsaturated/α-hetero) is 1. The number of hydrogen-bond donors (Lipinski definition) is 1. The van der Waals surface area contributed by atoms with Gasteiger partial charge in [0.05, 0.1) is 17.8 Å². The molecule has 0 bridgehead atoms. The molecule has 0 radical (unpaired) electrons. The Hall–Kier alpha value is -2.97. The molecule has 0 aliphatic rings. The number of anilines is 1. The van der Waals surface area contributed by atoms with Gasteiger partial charge in [-0.05, 0) is 64.2 Å². The number of nitrogens with zero attached hydrogens (tertiary/aromatic N) is 4. The van der Waals surface area contributed by atoms with Gasteiger partial charge in [-0.3, -0.25) is 14.5 Å². The van der Waals surface area contributed by atoms with Crippen LogP contribution in [-0.2, 0) is 11.3 Å². The highest BCUT2D eigenvalue weighted by Gasteiger charge is 2.25. The summed E-state index contributed by atoms with van der Waals surface area (Å²) in [5, 5.41) is 12.2.